The molecule has 0 bridgehead atoms. The highest BCUT2D eigenvalue weighted by molar-refractivity contribution is 6.32. The highest BCUT2D eigenvalue weighted by atomic mass is 14.8. The second-order valence-electron chi connectivity index (χ2n) is 7.19. The summed E-state index contributed by atoms with van der Waals surface area (Å²) in [4.78, 5) is 13.7. The number of hydrogen-bond acceptors (Lipinski definition) is 2. The van der Waals surface area contributed by atoms with Crippen molar-refractivity contribution < 1.29 is 0 Å². The first kappa shape index (κ1) is 13.5. The zero-order valence-corrected chi connectivity index (χ0v) is 14.3. The SMILES string of the molecule is c1ccc2cc3nc4c5cccc6[nH]c7cccc(c4nc3cc2c1)c7c65. The topological polar surface area (TPSA) is 41.6 Å². The molecule has 0 aliphatic rings. The van der Waals surface area contributed by atoms with Crippen LogP contribution in [0.2, 0.25) is 0 Å². The Balaban J connectivity index is 1.81. The van der Waals surface area contributed by atoms with Gasteiger partial charge in [-0.15, -0.1) is 0 Å². The third kappa shape index (κ3) is 1.62. The minimum atomic E-state index is 0.940. The summed E-state index contributed by atoms with van der Waals surface area (Å²) in [6, 6.07) is 25.4. The molecule has 2 aromatic heterocycles. The number of aromatic nitrogens is 3. The fraction of sp³-hybridized carbons (Fsp3) is 0. The summed E-state index contributed by atoms with van der Waals surface area (Å²) < 4.78 is 0. The number of H-pyrrole nitrogens is 1. The van der Waals surface area contributed by atoms with Gasteiger partial charge in [-0.3, -0.25) is 0 Å². The summed E-state index contributed by atoms with van der Waals surface area (Å²) in [5, 5.41) is 7.22. The summed E-state index contributed by atoms with van der Waals surface area (Å²) in [5.74, 6) is 0. The van der Waals surface area contributed by atoms with Crippen LogP contribution in [0.5, 0.6) is 0 Å². The third-order valence-electron chi connectivity index (χ3n) is 5.69. The van der Waals surface area contributed by atoms with Crippen molar-refractivity contribution in [2.24, 2.45) is 0 Å². The predicted molar refractivity (Wildman–Crippen MR) is 113 cm³/mol. The molecule has 2 heterocycles. The van der Waals surface area contributed by atoms with Crippen molar-refractivity contribution in [2.75, 3.05) is 0 Å². The van der Waals surface area contributed by atoms with Crippen LogP contribution in [0, 0.1) is 0 Å². The van der Waals surface area contributed by atoms with E-state index in [0.29, 0.717) is 0 Å². The van der Waals surface area contributed by atoms with E-state index in [0.717, 1.165) is 43.9 Å². The molecule has 3 nitrogen and oxygen atoms in total. The van der Waals surface area contributed by atoms with Gasteiger partial charge in [-0.1, -0.05) is 48.5 Å². The molecule has 1 N–H and O–H groups in total. The number of benzene rings is 5. The van der Waals surface area contributed by atoms with Gasteiger partial charge in [0.25, 0.3) is 0 Å². The minimum Gasteiger partial charge on any atom is -0.354 e. The Morgan fingerprint density at radius 2 is 1.07 bits per heavy atom. The lowest BCUT2D eigenvalue weighted by Gasteiger charge is -2.09. The zero-order chi connectivity index (χ0) is 17.5. The molecule has 5 aromatic carbocycles. The van der Waals surface area contributed by atoms with Crippen LogP contribution in [-0.4, -0.2) is 15.0 Å². The molecular weight excluding hydrogens is 330 g/mol. The molecule has 124 valence electrons. The van der Waals surface area contributed by atoms with Crippen LogP contribution in [0.4, 0.5) is 0 Å². The molecule has 0 atom stereocenters. The highest BCUT2D eigenvalue weighted by Gasteiger charge is 2.17. The van der Waals surface area contributed by atoms with E-state index < -0.39 is 0 Å². The van der Waals surface area contributed by atoms with Gasteiger partial charge in [-0.25, -0.2) is 9.97 Å². The molecule has 0 spiro atoms. The average Bonchev–Trinajstić information content (AvgIpc) is 3.10. The largest absolute Gasteiger partial charge is 0.354 e. The van der Waals surface area contributed by atoms with Gasteiger partial charge >= 0.3 is 0 Å². The van der Waals surface area contributed by atoms with Crippen LogP contribution in [-0.2, 0) is 0 Å². The Labute approximate surface area is 153 Å². The Bertz CT molecular complexity index is 1550. The van der Waals surface area contributed by atoms with Gasteiger partial charge in [0.2, 0.25) is 0 Å². The van der Waals surface area contributed by atoms with Crippen LogP contribution in [0.3, 0.4) is 0 Å². The van der Waals surface area contributed by atoms with Crippen LogP contribution in [0.25, 0.3) is 65.4 Å². The van der Waals surface area contributed by atoms with Crippen LogP contribution in [0.15, 0.2) is 72.8 Å². The molecule has 0 fully saturated rings. The van der Waals surface area contributed by atoms with Crippen molar-refractivity contribution in [3.05, 3.63) is 72.8 Å². The third-order valence-corrected chi connectivity index (χ3v) is 5.69. The molecule has 7 rings (SSSR count). The van der Waals surface area contributed by atoms with Gasteiger partial charge < -0.3 is 4.98 Å². The van der Waals surface area contributed by atoms with E-state index in [9.17, 15) is 0 Å². The van der Waals surface area contributed by atoms with E-state index in [1.54, 1.807) is 0 Å². The zero-order valence-electron chi connectivity index (χ0n) is 14.3. The monoisotopic (exact) mass is 343 g/mol. The smallest absolute Gasteiger partial charge is 0.0980 e. The molecule has 0 aliphatic carbocycles. The number of nitrogens with zero attached hydrogens (tertiary/aromatic N) is 2. The highest BCUT2D eigenvalue weighted by Crippen LogP contribution is 2.40. The predicted octanol–water partition coefficient (Wildman–Crippen LogP) is 6.16. The second-order valence-corrected chi connectivity index (χ2v) is 7.19. The quantitative estimate of drug-likeness (QED) is 0.264. The van der Waals surface area contributed by atoms with E-state index >= 15 is 0 Å². The standard InChI is InChI=1S/C24H13N3/c1-2-6-14-12-20-19(11-13(14)5-1)26-23-15-7-3-9-17-21(15)22-16(24(23)27-20)8-4-10-18(22)25-17/h1-12,25H. The summed E-state index contributed by atoms with van der Waals surface area (Å²) >= 11 is 0. The van der Waals surface area contributed by atoms with E-state index in [4.69, 9.17) is 9.97 Å². The molecule has 27 heavy (non-hydrogen) atoms. The Kier molecular flexibility index (Phi) is 2.25. The molecule has 0 saturated heterocycles. The van der Waals surface area contributed by atoms with Crippen molar-refractivity contribution in [3.63, 3.8) is 0 Å². The minimum absolute atomic E-state index is 0.940. The number of fused-ring (bicyclic) bond motifs is 5. The van der Waals surface area contributed by atoms with Crippen molar-refractivity contribution in [1.29, 1.82) is 0 Å². The fourth-order valence-electron chi connectivity index (χ4n) is 4.51. The Morgan fingerprint density at radius 3 is 1.59 bits per heavy atom. The molecule has 0 unspecified atom stereocenters. The summed E-state index contributed by atoms with van der Waals surface area (Å²) in [5.41, 5.74) is 6.14. The summed E-state index contributed by atoms with van der Waals surface area (Å²) in [6.45, 7) is 0. The molecule has 7 aromatic rings. The van der Waals surface area contributed by atoms with Crippen molar-refractivity contribution in [3.8, 4) is 0 Å². The number of aromatic amines is 1. The normalized spacial score (nSPS) is 12.4. The maximum Gasteiger partial charge on any atom is 0.0980 e. The van der Waals surface area contributed by atoms with Crippen LogP contribution >= 0.6 is 0 Å². The molecule has 0 aliphatic heterocycles. The van der Waals surface area contributed by atoms with Crippen molar-refractivity contribution >= 4 is 65.4 Å². The van der Waals surface area contributed by atoms with Crippen LogP contribution < -0.4 is 0 Å². The Hall–Kier alpha value is -3.72. The van der Waals surface area contributed by atoms with Crippen molar-refractivity contribution in [1.82, 2.24) is 15.0 Å². The molecular formula is C24H13N3. The average molecular weight is 343 g/mol. The molecule has 0 radical (unpaired) electrons. The first-order valence-electron chi connectivity index (χ1n) is 9.11. The van der Waals surface area contributed by atoms with E-state index in [1.165, 1.54) is 21.5 Å². The number of hydrogen-bond donors (Lipinski definition) is 1. The van der Waals surface area contributed by atoms with Gasteiger partial charge in [0, 0.05) is 32.6 Å². The first-order valence-corrected chi connectivity index (χ1v) is 9.11. The Morgan fingerprint density at radius 1 is 0.556 bits per heavy atom. The second kappa shape index (κ2) is 4.51. The lowest BCUT2D eigenvalue weighted by Crippen LogP contribution is -1.91. The lowest BCUT2D eigenvalue weighted by atomic mass is 9.99. The summed E-state index contributed by atoms with van der Waals surface area (Å²) in [6.07, 6.45) is 0. The maximum atomic E-state index is 5.08. The van der Waals surface area contributed by atoms with Gasteiger partial charge in [0.1, 0.15) is 0 Å². The first-order chi connectivity index (χ1) is 13.4. The van der Waals surface area contributed by atoms with E-state index in [-0.39, 0.29) is 0 Å². The maximum absolute atomic E-state index is 5.08. The van der Waals surface area contributed by atoms with Crippen LogP contribution in [0.1, 0.15) is 0 Å². The fourth-order valence-corrected chi connectivity index (χ4v) is 4.51. The van der Waals surface area contributed by atoms with E-state index in [2.05, 4.69) is 77.8 Å². The van der Waals surface area contributed by atoms with Gasteiger partial charge in [0.15, 0.2) is 0 Å². The number of rotatable bonds is 0. The molecule has 0 amide bonds. The lowest BCUT2D eigenvalue weighted by molar-refractivity contribution is 1.43. The molecule has 0 saturated carbocycles. The van der Waals surface area contributed by atoms with Gasteiger partial charge in [-0.2, -0.15) is 0 Å². The van der Waals surface area contributed by atoms with E-state index in [1.807, 2.05) is 0 Å². The van der Waals surface area contributed by atoms with Gasteiger partial charge in [-0.05, 0) is 35.0 Å². The molecule has 3 heteroatoms. The van der Waals surface area contributed by atoms with Crippen molar-refractivity contribution in [2.45, 2.75) is 0 Å². The summed E-state index contributed by atoms with van der Waals surface area (Å²) in [7, 11) is 0. The number of nitrogens with one attached hydrogen (secondary N) is 1. The van der Waals surface area contributed by atoms with Gasteiger partial charge in [0.05, 0.1) is 22.1 Å².